The normalized spacial score (nSPS) is 15.0. The summed E-state index contributed by atoms with van der Waals surface area (Å²) in [7, 11) is 0. The number of fused-ring (bicyclic) bond motifs is 1. The zero-order valence-electron chi connectivity index (χ0n) is 12.5. The molecule has 5 heteroatoms. The van der Waals surface area contributed by atoms with Gasteiger partial charge in [0.15, 0.2) is 5.75 Å². The minimum atomic E-state index is -0.464. The van der Waals surface area contributed by atoms with E-state index >= 15 is 0 Å². The number of rotatable bonds is 3. The zero-order chi connectivity index (χ0) is 15.5. The Hall–Kier alpha value is -1.88. The molecule has 0 spiro atoms. The summed E-state index contributed by atoms with van der Waals surface area (Å²) >= 11 is 1.91. The van der Waals surface area contributed by atoms with Gasteiger partial charge in [0.2, 0.25) is 0 Å². The lowest BCUT2D eigenvalue weighted by molar-refractivity contribution is 0.0524. The van der Waals surface area contributed by atoms with E-state index in [9.17, 15) is 9.90 Å². The number of aromatic hydroxyl groups is 1. The number of carbonyl (C=O) groups is 1. The van der Waals surface area contributed by atoms with Gasteiger partial charge in [0, 0.05) is 35.7 Å². The molecule has 0 unspecified atom stereocenters. The first-order chi connectivity index (χ1) is 10.7. The van der Waals surface area contributed by atoms with Crippen molar-refractivity contribution in [1.82, 2.24) is 0 Å². The van der Waals surface area contributed by atoms with Gasteiger partial charge in [-0.25, -0.2) is 4.79 Å². The van der Waals surface area contributed by atoms with E-state index in [1.165, 1.54) is 0 Å². The molecule has 0 radical (unpaired) electrons. The fourth-order valence-corrected chi connectivity index (χ4v) is 3.77. The Morgan fingerprint density at radius 2 is 1.91 bits per heavy atom. The number of nitrogens with zero attached hydrogens (tertiary/aromatic N) is 1. The zero-order valence-corrected chi connectivity index (χ0v) is 13.4. The van der Waals surface area contributed by atoms with Crippen LogP contribution in [0.25, 0.3) is 11.1 Å². The standard InChI is InChI=1S/C17H19NO3S/c1-2-21-17(20)14-12-6-4-3-5-7-13(12)15(16(14)19)18-8-10-22-11-9-18/h3-7,19H,2,8-11H2,1H3. The fraction of sp³-hybridized carbons (Fsp3) is 0.353. The molecule has 116 valence electrons. The largest absolute Gasteiger partial charge is 0.505 e. The van der Waals surface area contributed by atoms with Crippen LogP contribution in [0.1, 0.15) is 17.3 Å². The van der Waals surface area contributed by atoms with Crippen molar-refractivity contribution < 1.29 is 14.6 Å². The average molecular weight is 317 g/mol. The summed E-state index contributed by atoms with van der Waals surface area (Å²) in [5.74, 6) is 1.64. The highest BCUT2D eigenvalue weighted by Gasteiger charge is 2.31. The number of hydrogen-bond acceptors (Lipinski definition) is 5. The molecule has 1 aliphatic heterocycles. The second-order valence-corrected chi connectivity index (χ2v) is 6.35. The van der Waals surface area contributed by atoms with Crippen LogP contribution >= 0.6 is 11.8 Å². The molecule has 1 heterocycles. The van der Waals surface area contributed by atoms with Gasteiger partial charge in [-0.05, 0) is 6.92 Å². The minimum absolute atomic E-state index is 0.0477. The Kier molecular flexibility index (Phi) is 4.43. The van der Waals surface area contributed by atoms with Crippen LogP contribution in [0.15, 0.2) is 30.3 Å². The van der Waals surface area contributed by atoms with Crippen molar-refractivity contribution in [2.24, 2.45) is 0 Å². The van der Waals surface area contributed by atoms with Crippen molar-refractivity contribution in [3.63, 3.8) is 0 Å². The number of thioether (sulfide) groups is 1. The van der Waals surface area contributed by atoms with E-state index in [0.29, 0.717) is 6.61 Å². The van der Waals surface area contributed by atoms with Gasteiger partial charge in [-0.2, -0.15) is 11.8 Å². The predicted octanol–water partition coefficient (Wildman–Crippen LogP) is 3.23. The van der Waals surface area contributed by atoms with Crippen LogP contribution in [-0.4, -0.2) is 42.3 Å². The van der Waals surface area contributed by atoms with Gasteiger partial charge >= 0.3 is 5.97 Å². The first-order valence-electron chi connectivity index (χ1n) is 7.47. The second-order valence-electron chi connectivity index (χ2n) is 5.13. The Morgan fingerprint density at radius 1 is 1.23 bits per heavy atom. The number of esters is 1. The molecular weight excluding hydrogens is 298 g/mol. The van der Waals surface area contributed by atoms with E-state index in [1.54, 1.807) is 6.92 Å². The molecule has 3 aliphatic rings. The van der Waals surface area contributed by atoms with Gasteiger partial charge in [-0.1, -0.05) is 30.3 Å². The van der Waals surface area contributed by atoms with Crippen molar-refractivity contribution in [2.75, 3.05) is 36.1 Å². The molecular formula is C17H19NO3S. The lowest BCUT2D eigenvalue weighted by atomic mass is 10.1. The lowest BCUT2D eigenvalue weighted by Crippen LogP contribution is -2.32. The van der Waals surface area contributed by atoms with Crippen molar-refractivity contribution in [2.45, 2.75) is 6.92 Å². The Labute approximate surface area is 134 Å². The summed E-state index contributed by atoms with van der Waals surface area (Å²) in [6, 6.07) is 9.54. The monoisotopic (exact) mass is 317 g/mol. The summed E-state index contributed by atoms with van der Waals surface area (Å²) in [5, 5.41) is 10.7. The van der Waals surface area contributed by atoms with Crippen molar-refractivity contribution >= 4 is 23.4 Å². The molecule has 1 saturated heterocycles. The summed E-state index contributed by atoms with van der Waals surface area (Å²) < 4.78 is 5.13. The Morgan fingerprint density at radius 3 is 2.59 bits per heavy atom. The summed E-state index contributed by atoms with van der Waals surface area (Å²) in [5.41, 5.74) is 2.68. The third-order valence-electron chi connectivity index (χ3n) is 3.83. The summed E-state index contributed by atoms with van der Waals surface area (Å²) in [6.07, 6.45) is 0. The maximum Gasteiger partial charge on any atom is 0.342 e. The Bertz CT molecular complexity index is 653. The average Bonchev–Trinajstić information content (AvgIpc) is 2.66. The maximum atomic E-state index is 12.3. The number of ether oxygens (including phenoxy) is 1. The number of hydrogen-bond donors (Lipinski definition) is 1. The third kappa shape index (κ3) is 2.61. The van der Waals surface area contributed by atoms with Gasteiger partial charge < -0.3 is 14.7 Å². The van der Waals surface area contributed by atoms with Crippen LogP contribution in [-0.2, 0) is 4.74 Å². The SMILES string of the molecule is CCOC(=O)c1c2cccccc-2c(N2CCSCC2)c1O. The van der Waals surface area contributed by atoms with Crippen LogP contribution in [0, 0.1) is 0 Å². The van der Waals surface area contributed by atoms with Gasteiger partial charge in [-0.15, -0.1) is 0 Å². The molecule has 2 aliphatic carbocycles. The molecule has 0 aromatic rings. The van der Waals surface area contributed by atoms with Crippen molar-refractivity contribution in [3.8, 4) is 16.9 Å². The van der Waals surface area contributed by atoms with Crippen LogP contribution < -0.4 is 4.90 Å². The van der Waals surface area contributed by atoms with E-state index in [2.05, 4.69) is 4.90 Å². The minimum Gasteiger partial charge on any atom is -0.505 e. The molecule has 0 aromatic carbocycles. The highest BCUT2D eigenvalue weighted by molar-refractivity contribution is 7.99. The van der Waals surface area contributed by atoms with E-state index in [1.807, 2.05) is 42.1 Å². The molecule has 3 rings (SSSR count). The predicted molar refractivity (Wildman–Crippen MR) is 90.2 cm³/mol. The molecule has 4 nitrogen and oxygen atoms in total. The topological polar surface area (TPSA) is 49.8 Å². The molecule has 0 atom stereocenters. The van der Waals surface area contributed by atoms with E-state index in [4.69, 9.17) is 4.74 Å². The molecule has 0 aromatic heterocycles. The van der Waals surface area contributed by atoms with Gasteiger partial charge in [0.25, 0.3) is 0 Å². The third-order valence-corrected chi connectivity index (χ3v) is 4.77. The highest BCUT2D eigenvalue weighted by Crippen LogP contribution is 2.48. The first kappa shape index (κ1) is 15.0. The van der Waals surface area contributed by atoms with E-state index < -0.39 is 5.97 Å². The van der Waals surface area contributed by atoms with Gasteiger partial charge in [0.1, 0.15) is 5.56 Å². The molecule has 0 bridgehead atoms. The molecule has 0 amide bonds. The Balaban J connectivity index is 2.16. The van der Waals surface area contributed by atoms with Crippen LogP contribution in [0.5, 0.6) is 5.75 Å². The number of carbonyl (C=O) groups excluding carboxylic acids is 1. The quantitative estimate of drug-likeness (QED) is 0.881. The van der Waals surface area contributed by atoms with Crippen molar-refractivity contribution in [3.05, 3.63) is 35.9 Å². The van der Waals surface area contributed by atoms with E-state index in [-0.39, 0.29) is 11.3 Å². The molecule has 1 N–H and O–H groups in total. The summed E-state index contributed by atoms with van der Waals surface area (Å²) in [6.45, 7) is 3.80. The van der Waals surface area contributed by atoms with Crippen LogP contribution in [0.3, 0.4) is 0 Å². The van der Waals surface area contributed by atoms with Crippen molar-refractivity contribution in [1.29, 1.82) is 0 Å². The molecule has 22 heavy (non-hydrogen) atoms. The molecule has 0 saturated carbocycles. The highest BCUT2D eigenvalue weighted by atomic mass is 32.2. The second kappa shape index (κ2) is 6.48. The fourth-order valence-electron chi connectivity index (χ4n) is 2.86. The first-order valence-corrected chi connectivity index (χ1v) is 8.63. The van der Waals surface area contributed by atoms with Crippen LogP contribution in [0.2, 0.25) is 0 Å². The van der Waals surface area contributed by atoms with E-state index in [0.717, 1.165) is 41.4 Å². The lowest BCUT2D eigenvalue weighted by Gasteiger charge is -2.28. The molecule has 1 fully saturated rings. The van der Waals surface area contributed by atoms with Gasteiger partial charge in [0.05, 0.1) is 12.3 Å². The summed E-state index contributed by atoms with van der Waals surface area (Å²) in [4.78, 5) is 14.4. The number of anilines is 1. The van der Waals surface area contributed by atoms with Crippen LogP contribution in [0.4, 0.5) is 5.69 Å². The smallest absolute Gasteiger partial charge is 0.342 e. The maximum absolute atomic E-state index is 12.3. The van der Waals surface area contributed by atoms with Gasteiger partial charge in [-0.3, -0.25) is 0 Å².